The Morgan fingerprint density at radius 1 is 1.00 bits per heavy atom. The van der Waals surface area contributed by atoms with Crippen LogP contribution in [-0.4, -0.2) is 40.6 Å². The molecule has 0 heterocycles. The molecular formula is C17H18N2O4S. The molecule has 0 atom stereocenters. The molecule has 1 N–H and O–H groups in total. The minimum Gasteiger partial charge on any atom is -0.355 e. The van der Waals surface area contributed by atoms with Crippen LogP contribution in [0.4, 0.5) is 5.69 Å². The van der Waals surface area contributed by atoms with Crippen LogP contribution < -0.4 is 10.2 Å². The number of carbonyl (C=O) groups is 2. The molecule has 0 aromatic heterocycles. The summed E-state index contributed by atoms with van der Waals surface area (Å²) in [5, 5.41) is 2.51. The van der Waals surface area contributed by atoms with Crippen LogP contribution in [0.3, 0.4) is 0 Å². The van der Waals surface area contributed by atoms with Gasteiger partial charge in [0, 0.05) is 37.2 Å². The van der Waals surface area contributed by atoms with Gasteiger partial charge in [-0.2, -0.15) is 0 Å². The average Bonchev–Trinajstić information content (AvgIpc) is 2.59. The molecule has 0 aliphatic heterocycles. The molecule has 126 valence electrons. The highest BCUT2D eigenvalue weighted by Gasteiger charge is 2.16. The van der Waals surface area contributed by atoms with Crippen LogP contribution in [0.25, 0.3) is 0 Å². The van der Waals surface area contributed by atoms with E-state index in [1.807, 2.05) is 0 Å². The number of carbonyl (C=O) groups excluding carboxylic acids is 2. The molecule has 0 spiro atoms. The van der Waals surface area contributed by atoms with Crippen molar-refractivity contribution in [1.82, 2.24) is 5.32 Å². The molecule has 0 radical (unpaired) electrons. The Balaban J connectivity index is 2.28. The summed E-state index contributed by atoms with van der Waals surface area (Å²) in [5.41, 5.74) is 1.31. The fourth-order valence-electron chi connectivity index (χ4n) is 2.17. The van der Waals surface area contributed by atoms with Gasteiger partial charge in [0.2, 0.25) is 0 Å². The Kier molecular flexibility index (Phi) is 5.04. The minimum absolute atomic E-state index is 0.189. The SMILES string of the molecule is CNC(=O)c1cccc(C(=O)N(C)c2ccc(S(C)(=O)=O)cc2)c1. The molecule has 2 aromatic rings. The van der Waals surface area contributed by atoms with Gasteiger partial charge < -0.3 is 10.2 Å². The highest BCUT2D eigenvalue weighted by molar-refractivity contribution is 7.90. The van der Waals surface area contributed by atoms with Gasteiger partial charge in [0.15, 0.2) is 9.84 Å². The zero-order valence-corrected chi connectivity index (χ0v) is 14.4. The molecule has 2 amide bonds. The third-order valence-electron chi connectivity index (χ3n) is 3.56. The van der Waals surface area contributed by atoms with Crippen molar-refractivity contribution in [3.8, 4) is 0 Å². The van der Waals surface area contributed by atoms with Gasteiger partial charge >= 0.3 is 0 Å². The number of sulfone groups is 1. The first-order valence-corrected chi connectivity index (χ1v) is 9.03. The highest BCUT2D eigenvalue weighted by Crippen LogP contribution is 2.19. The number of hydrogen-bond acceptors (Lipinski definition) is 4. The number of hydrogen-bond donors (Lipinski definition) is 1. The molecule has 0 fully saturated rings. The normalized spacial score (nSPS) is 11.0. The molecule has 0 bridgehead atoms. The van der Waals surface area contributed by atoms with Crippen molar-refractivity contribution in [3.05, 3.63) is 59.7 Å². The maximum atomic E-state index is 12.6. The number of benzene rings is 2. The first kappa shape index (κ1) is 17.7. The molecule has 0 unspecified atom stereocenters. The first-order valence-electron chi connectivity index (χ1n) is 7.14. The van der Waals surface area contributed by atoms with Crippen LogP contribution >= 0.6 is 0 Å². The van der Waals surface area contributed by atoms with Crippen molar-refractivity contribution in [2.24, 2.45) is 0 Å². The molecule has 0 aliphatic rings. The summed E-state index contributed by atoms with van der Waals surface area (Å²) in [6, 6.07) is 12.4. The smallest absolute Gasteiger partial charge is 0.258 e. The number of nitrogens with one attached hydrogen (secondary N) is 1. The van der Waals surface area contributed by atoms with Crippen LogP contribution in [0.1, 0.15) is 20.7 Å². The van der Waals surface area contributed by atoms with E-state index < -0.39 is 9.84 Å². The lowest BCUT2D eigenvalue weighted by atomic mass is 10.1. The topological polar surface area (TPSA) is 83.6 Å². The van der Waals surface area contributed by atoms with Gasteiger partial charge in [0.25, 0.3) is 11.8 Å². The molecule has 2 aromatic carbocycles. The minimum atomic E-state index is -3.28. The number of anilines is 1. The van der Waals surface area contributed by atoms with Gasteiger partial charge in [0.1, 0.15) is 0 Å². The van der Waals surface area contributed by atoms with Gasteiger partial charge in [-0.3, -0.25) is 9.59 Å². The maximum absolute atomic E-state index is 12.6. The molecule has 0 saturated heterocycles. The van der Waals surface area contributed by atoms with Crippen molar-refractivity contribution < 1.29 is 18.0 Å². The van der Waals surface area contributed by atoms with Crippen molar-refractivity contribution in [1.29, 1.82) is 0 Å². The lowest BCUT2D eigenvalue weighted by Crippen LogP contribution is -2.27. The summed E-state index contributed by atoms with van der Waals surface area (Å²) in [6.45, 7) is 0. The van der Waals surface area contributed by atoms with Gasteiger partial charge in [0.05, 0.1) is 4.90 Å². The van der Waals surface area contributed by atoms with Gasteiger partial charge in [-0.15, -0.1) is 0 Å². The van der Waals surface area contributed by atoms with Crippen molar-refractivity contribution >= 4 is 27.3 Å². The predicted octanol–water partition coefficient (Wildman–Crippen LogP) is 1.73. The molecule has 24 heavy (non-hydrogen) atoms. The molecule has 2 rings (SSSR count). The van der Waals surface area contributed by atoms with Crippen LogP contribution in [-0.2, 0) is 9.84 Å². The van der Waals surface area contributed by atoms with E-state index in [9.17, 15) is 18.0 Å². The fourth-order valence-corrected chi connectivity index (χ4v) is 2.80. The third-order valence-corrected chi connectivity index (χ3v) is 4.68. The van der Waals surface area contributed by atoms with Crippen LogP contribution in [0, 0.1) is 0 Å². The summed E-state index contributed by atoms with van der Waals surface area (Å²) in [7, 11) is -0.176. The molecule has 0 aliphatic carbocycles. The Morgan fingerprint density at radius 2 is 1.58 bits per heavy atom. The lowest BCUT2D eigenvalue weighted by molar-refractivity contribution is 0.0963. The van der Waals surface area contributed by atoms with E-state index in [-0.39, 0.29) is 16.7 Å². The fraction of sp³-hybridized carbons (Fsp3) is 0.176. The van der Waals surface area contributed by atoms with E-state index in [2.05, 4.69) is 5.32 Å². The Bertz CT molecular complexity index is 874. The second kappa shape index (κ2) is 6.84. The van der Waals surface area contributed by atoms with E-state index in [0.717, 1.165) is 6.26 Å². The number of nitrogens with zero attached hydrogens (tertiary/aromatic N) is 1. The van der Waals surface area contributed by atoms with Crippen LogP contribution in [0.15, 0.2) is 53.4 Å². The summed E-state index contributed by atoms with van der Waals surface area (Å²) in [4.78, 5) is 25.8. The molecule has 7 heteroatoms. The number of rotatable bonds is 4. The molecular weight excluding hydrogens is 328 g/mol. The summed E-state index contributed by atoms with van der Waals surface area (Å²) >= 11 is 0. The van der Waals surface area contributed by atoms with E-state index in [1.165, 1.54) is 30.1 Å². The molecule has 0 saturated carbocycles. The summed E-state index contributed by atoms with van der Waals surface area (Å²) < 4.78 is 23.0. The third kappa shape index (κ3) is 3.80. The Morgan fingerprint density at radius 3 is 2.12 bits per heavy atom. The van der Waals surface area contributed by atoms with E-state index in [4.69, 9.17) is 0 Å². The van der Waals surface area contributed by atoms with E-state index in [0.29, 0.717) is 16.8 Å². The van der Waals surface area contributed by atoms with Gasteiger partial charge in [-0.25, -0.2) is 8.42 Å². The zero-order valence-electron chi connectivity index (χ0n) is 13.6. The van der Waals surface area contributed by atoms with Crippen LogP contribution in [0.2, 0.25) is 0 Å². The Hall–Kier alpha value is -2.67. The Labute approximate surface area is 141 Å². The van der Waals surface area contributed by atoms with E-state index in [1.54, 1.807) is 37.4 Å². The molecule has 6 nitrogen and oxygen atoms in total. The monoisotopic (exact) mass is 346 g/mol. The van der Waals surface area contributed by atoms with E-state index >= 15 is 0 Å². The van der Waals surface area contributed by atoms with Gasteiger partial charge in [-0.05, 0) is 42.5 Å². The standard InChI is InChI=1S/C17H18N2O4S/c1-18-16(20)12-5-4-6-13(11-12)17(21)19(2)14-7-9-15(10-8-14)24(3,22)23/h4-11H,1-3H3,(H,18,20). The zero-order chi connectivity index (χ0) is 17.9. The highest BCUT2D eigenvalue weighted by atomic mass is 32.2. The van der Waals surface area contributed by atoms with Crippen molar-refractivity contribution in [3.63, 3.8) is 0 Å². The lowest BCUT2D eigenvalue weighted by Gasteiger charge is -2.18. The largest absolute Gasteiger partial charge is 0.355 e. The quantitative estimate of drug-likeness (QED) is 0.914. The average molecular weight is 346 g/mol. The second-order valence-corrected chi connectivity index (χ2v) is 7.31. The van der Waals surface area contributed by atoms with Crippen molar-refractivity contribution in [2.75, 3.05) is 25.3 Å². The summed E-state index contributed by atoms with van der Waals surface area (Å²) in [6.07, 6.45) is 1.13. The maximum Gasteiger partial charge on any atom is 0.258 e. The van der Waals surface area contributed by atoms with Gasteiger partial charge in [-0.1, -0.05) is 6.07 Å². The second-order valence-electron chi connectivity index (χ2n) is 5.29. The summed E-state index contributed by atoms with van der Waals surface area (Å²) in [5.74, 6) is -0.572. The predicted molar refractivity (Wildman–Crippen MR) is 92.1 cm³/mol. The van der Waals surface area contributed by atoms with Crippen LogP contribution in [0.5, 0.6) is 0 Å². The first-order chi connectivity index (χ1) is 11.2. The number of amides is 2. The van der Waals surface area contributed by atoms with Crippen molar-refractivity contribution in [2.45, 2.75) is 4.90 Å².